The Bertz CT molecular complexity index is 528. The third-order valence-electron chi connectivity index (χ3n) is 2.81. The number of ketones is 1. The second kappa shape index (κ2) is 4.29. The minimum atomic E-state index is -2.80. The predicted octanol–water partition coefficient (Wildman–Crippen LogP) is 1.06. The van der Waals surface area contributed by atoms with Gasteiger partial charge in [-0.2, -0.15) is 0 Å². The van der Waals surface area contributed by atoms with E-state index in [0.29, 0.717) is 0 Å². The zero-order valence-corrected chi connectivity index (χ0v) is 9.32. The molecule has 1 atom stereocenters. The molecule has 0 spiro atoms. The van der Waals surface area contributed by atoms with E-state index in [2.05, 4.69) is 0 Å². The zero-order valence-electron chi connectivity index (χ0n) is 9.32. The van der Waals surface area contributed by atoms with Gasteiger partial charge >= 0.3 is 0 Å². The van der Waals surface area contributed by atoms with Crippen molar-refractivity contribution in [3.05, 3.63) is 59.6 Å². The first-order valence-electron chi connectivity index (χ1n) is 5.29. The average molecular weight is 248 g/mol. The van der Waals surface area contributed by atoms with E-state index >= 15 is 0 Å². The number of carbonyl (C=O) groups excluding carboxylic acids is 1. The van der Waals surface area contributed by atoms with Gasteiger partial charge in [0.15, 0.2) is 17.3 Å². The van der Waals surface area contributed by atoms with E-state index in [0.717, 1.165) is 12.2 Å². The Morgan fingerprint density at radius 2 is 1.72 bits per heavy atom. The lowest BCUT2D eigenvalue weighted by atomic mass is 9.85. The van der Waals surface area contributed by atoms with Crippen molar-refractivity contribution in [2.75, 3.05) is 0 Å². The first-order chi connectivity index (χ1) is 8.44. The first kappa shape index (κ1) is 12.3. The molecular weight excluding hydrogens is 236 g/mol. The molecule has 4 N–H and O–H groups in total. The van der Waals surface area contributed by atoms with Gasteiger partial charge in [0.1, 0.15) is 5.92 Å². The SMILES string of the molecule is O=C(c1ccccc1)C1C=CC(O)=C(O)C1(O)O. The van der Waals surface area contributed by atoms with Gasteiger partial charge in [0.25, 0.3) is 0 Å². The lowest BCUT2D eigenvalue weighted by Gasteiger charge is -2.30. The van der Waals surface area contributed by atoms with E-state index in [-0.39, 0.29) is 5.56 Å². The van der Waals surface area contributed by atoms with Crippen LogP contribution in [0.2, 0.25) is 0 Å². The summed E-state index contributed by atoms with van der Waals surface area (Å²) in [4.78, 5) is 12.1. The van der Waals surface area contributed by atoms with Gasteiger partial charge in [-0.05, 0) is 6.08 Å². The Balaban J connectivity index is 2.37. The molecule has 0 radical (unpaired) electrons. The Morgan fingerprint density at radius 3 is 2.33 bits per heavy atom. The first-order valence-corrected chi connectivity index (χ1v) is 5.29. The standard InChI is InChI=1S/C13H12O5/c14-10-7-6-9(13(17,18)12(10)16)11(15)8-4-2-1-3-5-8/h1-7,9,14,16-18H. The largest absolute Gasteiger partial charge is 0.504 e. The summed E-state index contributed by atoms with van der Waals surface area (Å²) in [5.41, 5.74) is 0.286. The number of aliphatic hydroxyl groups is 4. The van der Waals surface area contributed by atoms with Crippen molar-refractivity contribution in [2.45, 2.75) is 5.79 Å². The van der Waals surface area contributed by atoms with Crippen LogP contribution in [-0.4, -0.2) is 32.0 Å². The molecule has 18 heavy (non-hydrogen) atoms. The number of Topliss-reactive ketones (excluding diaryl/α,β-unsaturated/α-hetero) is 1. The Kier molecular flexibility index (Phi) is 2.94. The highest BCUT2D eigenvalue weighted by molar-refractivity contribution is 6.00. The van der Waals surface area contributed by atoms with Crippen molar-refractivity contribution in [2.24, 2.45) is 5.92 Å². The fourth-order valence-electron chi connectivity index (χ4n) is 1.79. The van der Waals surface area contributed by atoms with Crippen LogP contribution in [0.4, 0.5) is 0 Å². The summed E-state index contributed by atoms with van der Waals surface area (Å²) < 4.78 is 0. The van der Waals surface area contributed by atoms with Crippen LogP contribution >= 0.6 is 0 Å². The molecule has 1 aromatic carbocycles. The maximum absolute atomic E-state index is 12.1. The van der Waals surface area contributed by atoms with Crippen molar-refractivity contribution in [1.82, 2.24) is 0 Å². The number of hydrogen-bond acceptors (Lipinski definition) is 5. The van der Waals surface area contributed by atoms with Gasteiger partial charge in [-0.1, -0.05) is 36.4 Å². The highest BCUT2D eigenvalue weighted by Crippen LogP contribution is 2.31. The van der Waals surface area contributed by atoms with E-state index in [4.69, 9.17) is 0 Å². The second-order valence-electron chi connectivity index (χ2n) is 4.03. The molecule has 0 aliphatic heterocycles. The fourth-order valence-corrected chi connectivity index (χ4v) is 1.79. The van der Waals surface area contributed by atoms with Crippen LogP contribution in [0.15, 0.2) is 54.0 Å². The number of allylic oxidation sites excluding steroid dienone is 1. The minimum Gasteiger partial charge on any atom is -0.504 e. The topological polar surface area (TPSA) is 98.0 Å². The Labute approximate surface area is 103 Å². The second-order valence-corrected chi connectivity index (χ2v) is 4.03. The molecule has 5 heteroatoms. The third-order valence-corrected chi connectivity index (χ3v) is 2.81. The van der Waals surface area contributed by atoms with E-state index in [1.165, 1.54) is 12.1 Å². The third kappa shape index (κ3) is 1.90. The lowest BCUT2D eigenvalue weighted by Crippen LogP contribution is -2.45. The summed E-state index contributed by atoms with van der Waals surface area (Å²) in [6.45, 7) is 0. The molecule has 0 fully saturated rings. The van der Waals surface area contributed by atoms with Crippen molar-refractivity contribution in [3.63, 3.8) is 0 Å². The molecule has 0 heterocycles. The van der Waals surface area contributed by atoms with Crippen LogP contribution in [0, 0.1) is 5.92 Å². The van der Waals surface area contributed by atoms with Crippen LogP contribution < -0.4 is 0 Å². The maximum Gasteiger partial charge on any atom is 0.240 e. The smallest absolute Gasteiger partial charge is 0.240 e. The normalized spacial score (nSPS) is 22.0. The van der Waals surface area contributed by atoms with Gasteiger partial charge in [0.2, 0.25) is 5.79 Å². The summed E-state index contributed by atoms with van der Waals surface area (Å²) in [5.74, 6) is -6.42. The van der Waals surface area contributed by atoms with Crippen molar-refractivity contribution in [1.29, 1.82) is 0 Å². The van der Waals surface area contributed by atoms with Crippen molar-refractivity contribution in [3.8, 4) is 0 Å². The highest BCUT2D eigenvalue weighted by Gasteiger charge is 2.45. The van der Waals surface area contributed by atoms with E-state index in [9.17, 15) is 25.2 Å². The van der Waals surface area contributed by atoms with E-state index in [1.54, 1.807) is 18.2 Å². The molecule has 1 aliphatic rings. The molecule has 2 rings (SSSR count). The van der Waals surface area contributed by atoms with Gasteiger partial charge in [-0.25, -0.2) is 0 Å². The monoisotopic (exact) mass is 248 g/mol. The van der Waals surface area contributed by atoms with E-state index < -0.39 is 29.0 Å². The molecule has 1 aliphatic carbocycles. The van der Waals surface area contributed by atoms with Crippen molar-refractivity contribution < 1.29 is 25.2 Å². The molecule has 94 valence electrons. The van der Waals surface area contributed by atoms with Crippen LogP contribution in [0.1, 0.15) is 10.4 Å². The van der Waals surface area contributed by atoms with Gasteiger partial charge in [-0.15, -0.1) is 0 Å². The summed E-state index contributed by atoms with van der Waals surface area (Å²) >= 11 is 0. The average Bonchev–Trinajstić information content (AvgIpc) is 2.36. The maximum atomic E-state index is 12.1. The van der Waals surface area contributed by atoms with Crippen LogP contribution in [0.5, 0.6) is 0 Å². The molecule has 1 unspecified atom stereocenters. The quantitative estimate of drug-likeness (QED) is 0.463. The van der Waals surface area contributed by atoms with Gasteiger partial charge in [-0.3, -0.25) is 4.79 Å². The fraction of sp³-hybridized carbons (Fsp3) is 0.154. The molecule has 5 nitrogen and oxygen atoms in total. The lowest BCUT2D eigenvalue weighted by molar-refractivity contribution is -0.172. The minimum absolute atomic E-state index is 0.286. The molecule has 0 saturated heterocycles. The molecule has 0 bridgehead atoms. The Hall–Kier alpha value is -2.11. The summed E-state index contributed by atoms with van der Waals surface area (Å²) in [7, 11) is 0. The summed E-state index contributed by atoms with van der Waals surface area (Å²) in [5, 5.41) is 38.0. The number of rotatable bonds is 2. The molecule has 0 amide bonds. The number of carbonyl (C=O) groups is 1. The van der Waals surface area contributed by atoms with Crippen LogP contribution in [0.25, 0.3) is 0 Å². The van der Waals surface area contributed by atoms with Crippen LogP contribution in [0.3, 0.4) is 0 Å². The van der Waals surface area contributed by atoms with Gasteiger partial charge in [0.05, 0.1) is 0 Å². The van der Waals surface area contributed by atoms with E-state index in [1.807, 2.05) is 0 Å². The molecule has 0 aromatic heterocycles. The number of benzene rings is 1. The van der Waals surface area contributed by atoms with Crippen molar-refractivity contribution >= 4 is 5.78 Å². The Morgan fingerprint density at radius 1 is 1.11 bits per heavy atom. The number of hydrogen-bond donors (Lipinski definition) is 4. The predicted molar refractivity (Wildman–Crippen MR) is 62.9 cm³/mol. The van der Waals surface area contributed by atoms with Gasteiger partial charge < -0.3 is 20.4 Å². The number of aliphatic hydroxyl groups excluding tert-OH is 2. The zero-order chi connectivity index (χ0) is 13.3. The molecule has 0 saturated carbocycles. The van der Waals surface area contributed by atoms with Gasteiger partial charge in [0, 0.05) is 5.56 Å². The van der Waals surface area contributed by atoms with Crippen LogP contribution in [-0.2, 0) is 0 Å². The highest BCUT2D eigenvalue weighted by atomic mass is 16.5. The molecular formula is C13H12O5. The molecule has 1 aromatic rings. The summed E-state index contributed by atoms with van der Waals surface area (Å²) in [6.07, 6.45) is 2.20. The summed E-state index contributed by atoms with van der Waals surface area (Å²) in [6, 6.07) is 8.07.